The van der Waals surface area contributed by atoms with Gasteiger partial charge in [-0.15, -0.1) is 0 Å². The number of furan rings is 1. The van der Waals surface area contributed by atoms with Crippen molar-refractivity contribution in [3.05, 3.63) is 59.8 Å². The van der Waals surface area contributed by atoms with Crippen LogP contribution in [0.3, 0.4) is 0 Å². The molecule has 1 aromatic carbocycles. The fraction of sp³-hybridized carbons (Fsp3) is 0.400. The highest BCUT2D eigenvalue weighted by molar-refractivity contribution is 5.96. The van der Waals surface area contributed by atoms with Crippen molar-refractivity contribution < 1.29 is 18.4 Å². The highest BCUT2D eigenvalue weighted by Crippen LogP contribution is 2.24. The highest BCUT2D eigenvalue weighted by Gasteiger charge is 2.24. The molecule has 1 aromatic heterocycles. The van der Waals surface area contributed by atoms with Gasteiger partial charge < -0.3 is 15.1 Å². The third kappa shape index (κ3) is 5.40. The van der Waals surface area contributed by atoms with Gasteiger partial charge in [-0.2, -0.15) is 0 Å². The van der Waals surface area contributed by atoms with Crippen molar-refractivity contribution in [3.63, 3.8) is 0 Å². The zero-order valence-electron chi connectivity index (χ0n) is 15.1. The molecule has 1 fully saturated rings. The summed E-state index contributed by atoms with van der Waals surface area (Å²) in [6, 6.07) is 8.93. The molecule has 1 unspecified atom stereocenters. The Labute approximate surface area is 157 Å². The second kappa shape index (κ2) is 9.32. The van der Waals surface area contributed by atoms with Crippen LogP contribution in [-0.4, -0.2) is 42.9 Å². The average Bonchev–Trinajstić information content (AvgIpc) is 3.22. The number of carbonyl (C=O) groups excluding carboxylic acids is 2. The van der Waals surface area contributed by atoms with Crippen LogP contribution in [0.25, 0.3) is 0 Å². The number of hydrogen-bond acceptors (Lipinski definition) is 4. The molecule has 1 saturated heterocycles. The summed E-state index contributed by atoms with van der Waals surface area (Å²) in [5.41, 5.74) is 0.311. The molecule has 1 aliphatic heterocycles. The first-order chi connectivity index (χ1) is 13.1. The van der Waals surface area contributed by atoms with Crippen LogP contribution in [0.15, 0.2) is 47.1 Å². The summed E-state index contributed by atoms with van der Waals surface area (Å²) in [7, 11) is 0. The van der Waals surface area contributed by atoms with Gasteiger partial charge in [-0.1, -0.05) is 6.42 Å². The van der Waals surface area contributed by atoms with Crippen molar-refractivity contribution in [1.29, 1.82) is 0 Å². The third-order valence-corrected chi connectivity index (χ3v) is 4.71. The van der Waals surface area contributed by atoms with Crippen LogP contribution in [0, 0.1) is 5.82 Å². The van der Waals surface area contributed by atoms with Gasteiger partial charge in [0.05, 0.1) is 18.8 Å². The Kier molecular flexibility index (Phi) is 6.59. The fourth-order valence-electron chi connectivity index (χ4n) is 3.26. The second-order valence-electron chi connectivity index (χ2n) is 6.62. The van der Waals surface area contributed by atoms with E-state index in [-0.39, 0.29) is 18.5 Å². The third-order valence-electron chi connectivity index (χ3n) is 4.71. The van der Waals surface area contributed by atoms with Gasteiger partial charge in [0, 0.05) is 12.1 Å². The molecule has 2 aromatic rings. The molecule has 1 aliphatic rings. The van der Waals surface area contributed by atoms with Crippen molar-refractivity contribution >= 4 is 11.8 Å². The lowest BCUT2D eigenvalue weighted by Crippen LogP contribution is -2.43. The molecule has 0 bridgehead atoms. The van der Waals surface area contributed by atoms with Crippen LogP contribution < -0.4 is 10.6 Å². The van der Waals surface area contributed by atoms with Crippen molar-refractivity contribution in [2.45, 2.75) is 25.3 Å². The van der Waals surface area contributed by atoms with Gasteiger partial charge in [-0.05, 0) is 62.3 Å². The number of benzene rings is 1. The monoisotopic (exact) mass is 373 g/mol. The molecule has 27 heavy (non-hydrogen) atoms. The number of likely N-dealkylation sites (tertiary alicyclic amines) is 1. The minimum absolute atomic E-state index is 0.0166. The van der Waals surface area contributed by atoms with Crippen LogP contribution in [0.5, 0.6) is 0 Å². The number of nitrogens with zero attached hydrogens (tertiary/aromatic N) is 1. The lowest BCUT2D eigenvalue weighted by atomic mass is 10.1. The minimum Gasteiger partial charge on any atom is -0.468 e. The van der Waals surface area contributed by atoms with Crippen molar-refractivity contribution in [2.75, 3.05) is 26.2 Å². The Hall–Kier alpha value is -2.67. The molecule has 6 nitrogen and oxygen atoms in total. The van der Waals surface area contributed by atoms with E-state index < -0.39 is 11.7 Å². The molecule has 0 radical (unpaired) electrons. The second-order valence-corrected chi connectivity index (χ2v) is 6.62. The van der Waals surface area contributed by atoms with Gasteiger partial charge in [-0.25, -0.2) is 4.39 Å². The number of hydrogen-bond donors (Lipinski definition) is 2. The maximum absolute atomic E-state index is 12.9. The fourth-order valence-corrected chi connectivity index (χ4v) is 3.26. The number of nitrogens with one attached hydrogen (secondary N) is 2. The predicted octanol–water partition coefficient (Wildman–Crippen LogP) is 2.49. The lowest BCUT2D eigenvalue weighted by molar-refractivity contribution is -0.120. The number of carbonyl (C=O) groups is 2. The van der Waals surface area contributed by atoms with E-state index in [0.29, 0.717) is 12.1 Å². The zero-order valence-corrected chi connectivity index (χ0v) is 15.1. The molecule has 0 saturated carbocycles. The molecule has 0 spiro atoms. The van der Waals surface area contributed by atoms with E-state index in [0.717, 1.165) is 31.7 Å². The van der Waals surface area contributed by atoms with Gasteiger partial charge in [-0.3, -0.25) is 14.5 Å². The van der Waals surface area contributed by atoms with Gasteiger partial charge in [0.1, 0.15) is 11.6 Å². The summed E-state index contributed by atoms with van der Waals surface area (Å²) in [4.78, 5) is 26.5. The van der Waals surface area contributed by atoms with Crippen LogP contribution in [0.2, 0.25) is 0 Å². The van der Waals surface area contributed by atoms with E-state index in [1.165, 1.54) is 30.7 Å². The van der Waals surface area contributed by atoms with Gasteiger partial charge in [0.15, 0.2) is 0 Å². The van der Waals surface area contributed by atoms with Crippen molar-refractivity contribution in [2.24, 2.45) is 0 Å². The topological polar surface area (TPSA) is 74.6 Å². The summed E-state index contributed by atoms with van der Waals surface area (Å²) in [6.07, 6.45) is 5.14. The van der Waals surface area contributed by atoms with Gasteiger partial charge >= 0.3 is 0 Å². The van der Waals surface area contributed by atoms with E-state index in [9.17, 15) is 14.0 Å². The summed E-state index contributed by atoms with van der Waals surface area (Å²) in [6.45, 7) is 2.23. The number of rotatable bonds is 7. The molecule has 2 amide bonds. The van der Waals surface area contributed by atoms with Gasteiger partial charge in [0.25, 0.3) is 5.91 Å². The Balaban J connectivity index is 1.50. The van der Waals surface area contributed by atoms with Crippen molar-refractivity contribution in [3.8, 4) is 0 Å². The maximum Gasteiger partial charge on any atom is 0.251 e. The smallest absolute Gasteiger partial charge is 0.251 e. The number of piperidine rings is 1. The molecule has 144 valence electrons. The normalized spacial score (nSPS) is 15.9. The van der Waals surface area contributed by atoms with Crippen LogP contribution in [-0.2, 0) is 4.79 Å². The van der Waals surface area contributed by atoms with E-state index in [2.05, 4.69) is 15.5 Å². The number of amides is 2. The van der Waals surface area contributed by atoms with E-state index in [1.807, 2.05) is 12.1 Å². The average molecular weight is 373 g/mol. The molecule has 2 N–H and O–H groups in total. The molecule has 2 heterocycles. The Bertz CT molecular complexity index is 740. The lowest BCUT2D eigenvalue weighted by Gasteiger charge is -2.33. The van der Waals surface area contributed by atoms with Crippen LogP contribution >= 0.6 is 0 Å². The van der Waals surface area contributed by atoms with Crippen molar-refractivity contribution in [1.82, 2.24) is 15.5 Å². The standard InChI is InChI=1S/C20H24FN3O3/c21-16-8-6-15(7-9-16)20(26)23-14-19(25)22-13-17(18-5-4-12-27-18)24-10-2-1-3-11-24/h4-9,12,17H,1-3,10-11,13-14H2,(H,22,25)(H,23,26). The summed E-state index contributed by atoms with van der Waals surface area (Å²) < 4.78 is 18.5. The summed E-state index contributed by atoms with van der Waals surface area (Å²) in [5, 5.41) is 5.41. The molecule has 3 rings (SSSR count). The Morgan fingerprint density at radius 1 is 1.07 bits per heavy atom. The van der Waals surface area contributed by atoms with E-state index in [1.54, 1.807) is 6.26 Å². The molecular formula is C20H24FN3O3. The predicted molar refractivity (Wildman–Crippen MR) is 98.6 cm³/mol. The minimum atomic E-state index is -0.413. The maximum atomic E-state index is 12.9. The van der Waals surface area contributed by atoms with E-state index in [4.69, 9.17) is 4.42 Å². The molecule has 1 atom stereocenters. The summed E-state index contributed by atoms with van der Waals surface area (Å²) in [5.74, 6) is -0.277. The SMILES string of the molecule is O=C(CNC(=O)c1ccc(F)cc1)NCC(c1ccco1)N1CCCCC1. The van der Waals surface area contributed by atoms with Crippen LogP contribution in [0.4, 0.5) is 4.39 Å². The van der Waals surface area contributed by atoms with Gasteiger partial charge in [0.2, 0.25) is 5.91 Å². The Morgan fingerprint density at radius 2 is 1.81 bits per heavy atom. The zero-order chi connectivity index (χ0) is 19.1. The number of halogens is 1. The first kappa shape index (κ1) is 19.1. The first-order valence-corrected chi connectivity index (χ1v) is 9.21. The Morgan fingerprint density at radius 3 is 2.48 bits per heavy atom. The molecule has 7 heteroatoms. The van der Waals surface area contributed by atoms with Crippen LogP contribution in [0.1, 0.15) is 41.4 Å². The van der Waals surface area contributed by atoms with E-state index >= 15 is 0 Å². The molecule has 0 aliphatic carbocycles. The first-order valence-electron chi connectivity index (χ1n) is 9.21. The largest absolute Gasteiger partial charge is 0.468 e. The molecular weight excluding hydrogens is 349 g/mol. The quantitative estimate of drug-likeness (QED) is 0.782. The summed E-state index contributed by atoms with van der Waals surface area (Å²) >= 11 is 0. The highest BCUT2D eigenvalue weighted by atomic mass is 19.1.